The van der Waals surface area contributed by atoms with Gasteiger partial charge in [-0.1, -0.05) is 31.7 Å². The first-order valence-corrected chi connectivity index (χ1v) is 15.3. The zero-order valence-corrected chi connectivity index (χ0v) is 26.2. The van der Waals surface area contributed by atoms with Crippen LogP contribution in [0.4, 0.5) is 0 Å². The monoisotopic (exact) mass is 622 g/mol. The van der Waals surface area contributed by atoms with Gasteiger partial charge in [0, 0.05) is 57.1 Å². The van der Waals surface area contributed by atoms with Crippen molar-refractivity contribution in [2.45, 2.75) is 103 Å². The van der Waals surface area contributed by atoms with E-state index in [1.165, 1.54) is 40.7 Å². The van der Waals surface area contributed by atoms with Crippen LogP contribution in [0.15, 0.2) is 24.3 Å². The summed E-state index contributed by atoms with van der Waals surface area (Å²) in [4.78, 5) is 61.4. The van der Waals surface area contributed by atoms with Gasteiger partial charge in [0.15, 0.2) is 23.0 Å². The van der Waals surface area contributed by atoms with E-state index in [2.05, 4.69) is 0 Å². The minimum absolute atomic E-state index is 0.00525. The van der Waals surface area contributed by atoms with Gasteiger partial charge in [-0.3, -0.25) is 24.0 Å². The molecule has 0 aromatic heterocycles. The van der Waals surface area contributed by atoms with Crippen LogP contribution in [0, 0.1) is 5.92 Å². The third-order valence-corrected chi connectivity index (χ3v) is 8.94. The topological polar surface area (TPSA) is 141 Å². The number of esters is 5. The Balaban J connectivity index is 1.85. The highest BCUT2D eigenvalue weighted by Crippen LogP contribution is 2.66. The second kappa shape index (κ2) is 12.5. The molecule has 45 heavy (non-hydrogen) atoms. The number of carbonyl (C=O) groups is 5. The number of carbonyl (C=O) groups excluding carboxylic acids is 5. The summed E-state index contributed by atoms with van der Waals surface area (Å²) in [5, 5.41) is 0. The van der Waals surface area contributed by atoms with E-state index in [1.807, 2.05) is 6.07 Å². The molecule has 1 aliphatic heterocycles. The Hall–Kier alpha value is -4.41. The van der Waals surface area contributed by atoms with Crippen LogP contribution in [0.3, 0.4) is 0 Å². The molecule has 0 saturated heterocycles. The predicted molar refractivity (Wildman–Crippen MR) is 158 cm³/mol. The normalized spacial score (nSPS) is 21.3. The molecule has 2 unspecified atom stereocenters. The van der Waals surface area contributed by atoms with Crippen molar-refractivity contribution in [3.05, 3.63) is 35.4 Å². The van der Waals surface area contributed by atoms with Crippen molar-refractivity contribution in [2.24, 2.45) is 5.92 Å². The first-order valence-electron chi connectivity index (χ1n) is 15.3. The van der Waals surface area contributed by atoms with Crippen molar-refractivity contribution >= 4 is 29.8 Å². The van der Waals surface area contributed by atoms with Gasteiger partial charge >= 0.3 is 29.8 Å². The number of rotatable bonds is 6. The van der Waals surface area contributed by atoms with E-state index in [0.29, 0.717) is 12.0 Å². The fraction of sp³-hybridized carbons (Fsp3) is 0.500. The molecule has 0 amide bonds. The molecule has 5 rings (SSSR count). The number of fused-ring (bicyclic) bond motifs is 4. The van der Waals surface area contributed by atoms with Crippen molar-refractivity contribution in [1.82, 2.24) is 0 Å². The molecule has 240 valence electrons. The van der Waals surface area contributed by atoms with E-state index in [1.54, 1.807) is 12.1 Å². The van der Waals surface area contributed by atoms with Gasteiger partial charge in [0.05, 0.1) is 0 Å². The van der Waals surface area contributed by atoms with Gasteiger partial charge < -0.3 is 28.4 Å². The quantitative estimate of drug-likeness (QED) is 0.277. The molecule has 0 bridgehead atoms. The lowest BCUT2D eigenvalue weighted by Gasteiger charge is -2.58. The first kappa shape index (κ1) is 32.0. The summed E-state index contributed by atoms with van der Waals surface area (Å²) in [6.07, 6.45) is 7.58. The Labute approximate surface area is 261 Å². The summed E-state index contributed by atoms with van der Waals surface area (Å²) < 4.78 is 35.0. The number of hydrogen-bond acceptors (Lipinski definition) is 11. The van der Waals surface area contributed by atoms with Crippen molar-refractivity contribution in [2.75, 3.05) is 0 Å². The minimum Gasteiger partial charge on any atom is -0.478 e. The molecule has 2 aliphatic carbocycles. The predicted octanol–water partition coefficient (Wildman–Crippen LogP) is 5.99. The Kier molecular flexibility index (Phi) is 8.91. The second-order valence-corrected chi connectivity index (χ2v) is 12.0. The average molecular weight is 623 g/mol. The maximum atomic E-state index is 12.6. The molecular formula is C34H38O11. The van der Waals surface area contributed by atoms with Gasteiger partial charge in [0.1, 0.15) is 5.60 Å². The molecule has 0 radical (unpaired) electrons. The molecule has 1 spiro atoms. The fourth-order valence-corrected chi connectivity index (χ4v) is 7.65. The molecule has 2 atom stereocenters. The van der Waals surface area contributed by atoms with Crippen LogP contribution >= 0.6 is 0 Å². The summed E-state index contributed by atoms with van der Waals surface area (Å²) in [7, 11) is 0. The Bertz CT molecular complexity index is 1550. The van der Waals surface area contributed by atoms with E-state index in [4.69, 9.17) is 28.4 Å². The van der Waals surface area contributed by atoms with Gasteiger partial charge in [-0.2, -0.15) is 0 Å². The van der Waals surface area contributed by atoms with Crippen molar-refractivity contribution < 1.29 is 52.4 Å². The SMILES string of the molecule is CC(=O)Oc1ccc2c(c1OC(C)=O)OC1(c3ccc(OC(C)=O)c(OC(C)=O)c3OC(C)=O)CCCCC1C21CCCCC1. The smallest absolute Gasteiger partial charge is 0.308 e. The van der Waals surface area contributed by atoms with Crippen LogP contribution in [0.2, 0.25) is 0 Å². The zero-order valence-electron chi connectivity index (χ0n) is 26.2. The summed E-state index contributed by atoms with van der Waals surface area (Å²) in [5.74, 6) is -3.51. The van der Waals surface area contributed by atoms with Gasteiger partial charge in [0.25, 0.3) is 0 Å². The third kappa shape index (κ3) is 6.00. The van der Waals surface area contributed by atoms with Crippen LogP contribution in [0.1, 0.15) is 104 Å². The molecule has 2 saturated carbocycles. The third-order valence-electron chi connectivity index (χ3n) is 8.94. The molecule has 11 nitrogen and oxygen atoms in total. The molecule has 3 aliphatic rings. The maximum Gasteiger partial charge on any atom is 0.308 e. The van der Waals surface area contributed by atoms with Gasteiger partial charge in [-0.05, 0) is 50.3 Å². The summed E-state index contributed by atoms with van der Waals surface area (Å²) >= 11 is 0. The molecule has 2 fully saturated rings. The summed E-state index contributed by atoms with van der Waals surface area (Å²) in [6, 6.07) is 6.71. The number of hydrogen-bond donors (Lipinski definition) is 0. The van der Waals surface area contributed by atoms with E-state index < -0.39 is 40.9 Å². The summed E-state index contributed by atoms with van der Waals surface area (Å²) in [5.41, 5.74) is -0.306. The van der Waals surface area contributed by atoms with Crippen LogP contribution < -0.4 is 28.4 Å². The molecule has 2 aromatic rings. The van der Waals surface area contributed by atoms with Crippen molar-refractivity contribution in [3.63, 3.8) is 0 Å². The van der Waals surface area contributed by atoms with Crippen LogP contribution in [-0.4, -0.2) is 29.8 Å². The number of benzene rings is 2. The van der Waals surface area contributed by atoms with Crippen LogP contribution in [0.25, 0.3) is 0 Å². The Morgan fingerprint density at radius 1 is 0.578 bits per heavy atom. The highest BCUT2D eigenvalue weighted by molar-refractivity contribution is 5.80. The fourth-order valence-electron chi connectivity index (χ4n) is 7.65. The average Bonchev–Trinajstić information content (AvgIpc) is 2.95. The lowest BCUT2D eigenvalue weighted by atomic mass is 9.51. The lowest BCUT2D eigenvalue weighted by molar-refractivity contribution is -0.136. The molecular weight excluding hydrogens is 584 g/mol. The molecule has 0 N–H and O–H groups in total. The first-order chi connectivity index (χ1) is 21.4. The van der Waals surface area contributed by atoms with Gasteiger partial charge in [-0.25, -0.2) is 0 Å². The van der Waals surface area contributed by atoms with Crippen LogP contribution in [0.5, 0.6) is 34.5 Å². The second-order valence-electron chi connectivity index (χ2n) is 12.0. The molecule has 1 heterocycles. The van der Waals surface area contributed by atoms with E-state index in [0.717, 1.165) is 56.9 Å². The highest BCUT2D eigenvalue weighted by atomic mass is 16.6. The zero-order chi connectivity index (χ0) is 32.5. The largest absolute Gasteiger partial charge is 0.478 e. The van der Waals surface area contributed by atoms with E-state index >= 15 is 0 Å². The Morgan fingerprint density at radius 2 is 1.07 bits per heavy atom. The summed E-state index contributed by atoms with van der Waals surface area (Å²) in [6.45, 7) is 6.13. The van der Waals surface area contributed by atoms with E-state index in [-0.39, 0.29) is 40.4 Å². The lowest BCUT2D eigenvalue weighted by Crippen LogP contribution is -2.57. The minimum atomic E-state index is -1.17. The number of ether oxygens (including phenoxy) is 6. The molecule has 11 heteroatoms. The van der Waals surface area contributed by atoms with Crippen molar-refractivity contribution in [1.29, 1.82) is 0 Å². The highest BCUT2D eigenvalue weighted by Gasteiger charge is 2.61. The van der Waals surface area contributed by atoms with E-state index in [9.17, 15) is 24.0 Å². The molecule has 2 aromatic carbocycles. The standard InChI is InChI=1S/C34H38O11/c1-19(35)40-26-15-13-25(29(42-21(3)37)31(26)43-22(4)38)34-18-10-7-11-28(34)33(16-8-6-9-17-33)24-12-14-27(41-20(2)36)32(30(24)45-34)44-23(5)39/h12-15,28H,6-11,16-18H2,1-5H3. The van der Waals surface area contributed by atoms with Gasteiger partial charge in [-0.15, -0.1) is 0 Å². The maximum absolute atomic E-state index is 12.6. The van der Waals surface area contributed by atoms with Gasteiger partial charge in [0.2, 0.25) is 11.5 Å². The van der Waals surface area contributed by atoms with Crippen LogP contribution in [-0.2, 0) is 35.0 Å². The Morgan fingerprint density at radius 3 is 1.64 bits per heavy atom. The van der Waals surface area contributed by atoms with Crippen molar-refractivity contribution in [3.8, 4) is 34.5 Å².